The topological polar surface area (TPSA) is 90.9 Å². The lowest BCUT2D eigenvalue weighted by Gasteiger charge is -2.23. The number of hydrogen-bond donors (Lipinski definition) is 1. The summed E-state index contributed by atoms with van der Waals surface area (Å²) in [7, 11) is -2.12. The first-order valence-electron chi connectivity index (χ1n) is 5.36. The first-order valence-corrected chi connectivity index (χ1v) is 7.18. The lowest BCUT2D eigenvalue weighted by atomic mass is 10.2. The van der Waals surface area contributed by atoms with Crippen LogP contribution in [0.15, 0.2) is 0 Å². The number of ether oxygens (including phenoxy) is 2. The SMILES string of the molecule is COCC(COS(C)(=O)=O)NC(=O)OC(C)(C)C. The number of carbonyl (C=O) groups excluding carboxylic acids is 1. The maximum Gasteiger partial charge on any atom is 0.408 e. The Bertz CT molecular complexity index is 359. The molecule has 7 nitrogen and oxygen atoms in total. The fourth-order valence-corrected chi connectivity index (χ4v) is 1.42. The van der Waals surface area contributed by atoms with Gasteiger partial charge < -0.3 is 14.8 Å². The Kier molecular flexibility index (Phi) is 6.58. The van der Waals surface area contributed by atoms with E-state index in [2.05, 4.69) is 9.50 Å². The average molecular weight is 283 g/mol. The molecule has 0 heterocycles. The quantitative estimate of drug-likeness (QED) is 0.714. The van der Waals surface area contributed by atoms with Gasteiger partial charge in [0.05, 0.1) is 25.5 Å². The standard InChI is InChI=1S/C10H21NO6S/c1-10(2,3)17-9(12)11-8(6-15-4)7-16-18(5,13)14/h8H,6-7H2,1-5H3,(H,11,12). The zero-order chi connectivity index (χ0) is 14.4. The molecule has 18 heavy (non-hydrogen) atoms. The van der Waals surface area contributed by atoms with Crippen molar-refractivity contribution >= 4 is 16.2 Å². The molecule has 1 amide bonds. The number of carbonyl (C=O) groups is 1. The number of methoxy groups -OCH3 is 1. The van der Waals surface area contributed by atoms with Crippen molar-refractivity contribution in [2.24, 2.45) is 0 Å². The minimum absolute atomic E-state index is 0.120. The van der Waals surface area contributed by atoms with Crippen molar-refractivity contribution in [1.29, 1.82) is 0 Å². The third-order valence-corrected chi connectivity index (χ3v) is 2.14. The van der Waals surface area contributed by atoms with E-state index >= 15 is 0 Å². The van der Waals surface area contributed by atoms with Gasteiger partial charge in [0.15, 0.2) is 0 Å². The van der Waals surface area contributed by atoms with Crippen molar-refractivity contribution in [3.8, 4) is 0 Å². The van der Waals surface area contributed by atoms with Crippen molar-refractivity contribution < 1.29 is 26.9 Å². The maximum atomic E-state index is 11.5. The summed E-state index contributed by atoms with van der Waals surface area (Å²) in [5.41, 5.74) is -0.626. The minimum atomic E-state index is -3.56. The van der Waals surface area contributed by atoms with Gasteiger partial charge >= 0.3 is 6.09 Å². The van der Waals surface area contributed by atoms with Gasteiger partial charge in [0.1, 0.15) is 5.60 Å². The molecule has 1 atom stereocenters. The second kappa shape index (κ2) is 6.91. The number of hydrogen-bond acceptors (Lipinski definition) is 6. The normalized spacial score (nSPS) is 14.1. The summed E-state index contributed by atoms with van der Waals surface area (Å²) in [5, 5.41) is 2.47. The van der Waals surface area contributed by atoms with Crippen LogP contribution < -0.4 is 5.32 Å². The van der Waals surface area contributed by atoms with E-state index in [0.717, 1.165) is 6.26 Å². The van der Waals surface area contributed by atoms with Crippen molar-refractivity contribution in [2.75, 3.05) is 26.6 Å². The third kappa shape index (κ3) is 10.3. The van der Waals surface area contributed by atoms with Crippen LogP contribution in [0.4, 0.5) is 4.79 Å². The van der Waals surface area contributed by atoms with Crippen LogP contribution in [0.3, 0.4) is 0 Å². The number of amides is 1. The second-order valence-electron chi connectivity index (χ2n) is 4.79. The molecule has 8 heteroatoms. The van der Waals surface area contributed by atoms with Crippen LogP contribution in [0.25, 0.3) is 0 Å². The molecule has 0 aliphatic carbocycles. The molecule has 0 aliphatic rings. The van der Waals surface area contributed by atoms with Crippen molar-refractivity contribution in [3.63, 3.8) is 0 Å². The Labute approximate surface area is 108 Å². The van der Waals surface area contributed by atoms with Crippen molar-refractivity contribution in [1.82, 2.24) is 5.32 Å². The van der Waals surface area contributed by atoms with Crippen molar-refractivity contribution in [2.45, 2.75) is 32.4 Å². The largest absolute Gasteiger partial charge is 0.444 e. The molecule has 108 valence electrons. The van der Waals surface area contributed by atoms with Gasteiger partial charge in [-0.3, -0.25) is 4.18 Å². The van der Waals surface area contributed by atoms with Gasteiger partial charge in [-0.1, -0.05) is 0 Å². The van der Waals surface area contributed by atoms with Gasteiger partial charge in [0.25, 0.3) is 10.1 Å². The molecule has 0 aromatic rings. The van der Waals surface area contributed by atoms with Crippen LogP contribution in [-0.4, -0.2) is 52.7 Å². The van der Waals surface area contributed by atoms with E-state index in [0.29, 0.717) is 0 Å². The first-order chi connectivity index (χ1) is 8.03. The first kappa shape index (κ1) is 17.1. The van der Waals surface area contributed by atoms with E-state index in [9.17, 15) is 13.2 Å². The summed E-state index contributed by atoms with van der Waals surface area (Å²) in [6.45, 7) is 5.10. The Morgan fingerprint density at radius 3 is 2.22 bits per heavy atom. The van der Waals surface area contributed by atoms with Crippen LogP contribution in [0.2, 0.25) is 0 Å². The monoisotopic (exact) mass is 283 g/mol. The Morgan fingerprint density at radius 2 is 1.83 bits per heavy atom. The van der Waals surface area contributed by atoms with E-state index < -0.39 is 27.9 Å². The van der Waals surface area contributed by atoms with Gasteiger partial charge in [-0.25, -0.2) is 4.79 Å². The second-order valence-corrected chi connectivity index (χ2v) is 6.43. The summed E-state index contributed by atoms with van der Waals surface area (Å²) in [6.07, 6.45) is 0.284. The number of rotatable bonds is 6. The zero-order valence-corrected chi connectivity index (χ0v) is 12.2. The Balaban J connectivity index is 4.31. The molecular weight excluding hydrogens is 262 g/mol. The van der Waals surface area contributed by atoms with Gasteiger partial charge in [-0.15, -0.1) is 0 Å². The molecule has 1 unspecified atom stereocenters. The fourth-order valence-electron chi connectivity index (χ4n) is 1.01. The molecule has 0 aromatic heterocycles. The summed E-state index contributed by atoms with van der Waals surface area (Å²) in [5.74, 6) is 0. The minimum Gasteiger partial charge on any atom is -0.444 e. The zero-order valence-electron chi connectivity index (χ0n) is 11.3. The summed E-state index contributed by atoms with van der Waals surface area (Å²) >= 11 is 0. The molecule has 0 aromatic carbocycles. The van der Waals surface area contributed by atoms with Crippen LogP contribution in [-0.2, 0) is 23.8 Å². The molecule has 0 radical (unpaired) electrons. The van der Waals surface area contributed by atoms with E-state index in [1.54, 1.807) is 20.8 Å². The molecule has 0 bridgehead atoms. The van der Waals surface area contributed by atoms with Gasteiger partial charge in [0.2, 0.25) is 0 Å². The highest BCUT2D eigenvalue weighted by molar-refractivity contribution is 7.85. The van der Waals surface area contributed by atoms with Crippen LogP contribution in [0.5, 0.6) is 0 Å². The number of nitrogens with one attached hydrogen (secondary N) is 1. The summed E-state index contributed by atoms with van der Waals surface area (Å²) < 4.78 is 36.2. The van der Waals surface area contributed by atoms with E-state index in [-0.39, 0.29) is 13.2 Å². The summed E-state index contributed by atoms with van der Waals surface area (Å²) in [6, 6.07) is -0.598. The molecule has 0 rings (SSSR count). The molecule has 0 spiro atoms. The lowest BCUT2D eigenvalue weighted by molar-refractivity contribution is 0.0440. The van der Waals surface area contributed by atoms with E-state index in [1.165, 1.54) is 7.11 Å². The summed E-state index contributed by atoms with van der Waals surface area (Å²) in [4.78, 5) is 11.5. The highest BCUT2D eigenvalue weighted by Gasteiger charge is 2.20. The number of alkyl carbamates (subject to hydrolysis) is 1. The predicted octanol–water partition coefficient (Wildman–Crippen LogP) is 0.502. The highest BCUT2D eigenvalue weighted by atomic mass is 32.2. The molecule has 1 N–H and O–H groups in total. The molecule has 0 saturated carbocycles. The van der Waals surface area contributed by atoms with Crippen LogP contribution in [0.1, 0.15) is 20.8 Å². The van der Waals surface area contributed by atoms with Gasteiger partial charge in [0, 0.05) is 7.11 Å². The van der Waals surface area contributed by atoms with E-state index in [1.807, 2.05) is 0 Å². The molecule has 0 saturated heterocycles. The van der Waals surface area contributed by atoms with Gasteiger partial charge in [-0.2, -0.15) is 8.42 Å². The predicted molar refractivity (Wildman–Crippen MR) is 65.8 cm³/mol. The van der Waals surface area contributed by atoms with E-state index in [4.69, 9.17) is 9.47 Å². The smallest absolute Gasteiger partial charge is 0.408 e. The Hall–Kier alpha value is -0.860. The highest BCUT2D eigenvalue weighted by Crippen LogP contribution is 2.07. The van der Waals surface area contributed by atoms with Crippen LogP contribution in [0, 0.1) is 0 Å². The fraction of sp³-hybridized carbons (Fsp3) is 0.900. The lowest BCUT2D eigenvalue weighted by Crippen LogP contribution is -2.44. The van der Waals surface area contributed by atoms with Crippen LogP contribution >= 0.6 is 0 Å². The molecule has 0 aliphatic heterocycles. The Morgan fingerprint density at radius 1 is 1.28 bits per heavy atom. The van der Waals surface area contributed by atoms with Crippen molar-refractivity contribution in [3.05, 3.63) is 0 Å². The molecular formula is C10H21NO6S. The maximum absolute atomic E-state index is 11.5. The average Bonchev–Trinajstić information content (AvgIpc) is 2.10. The third-order valence-electron chi connectivity index (χ3n) is 1.57. The van der Waals surface area contributed by atoms with Gasteiger partial charge in [-0.05, 0) is 20.8 Å². The molecule has 0 fully saturated rings.